The number of nitrogens with one attached hydrogen (secondary N) is 1. The van der Waals surface area contributed by atoms with Crippen LogP contribution in [-0.2, 0) is 9.53 Å². The van der Waals surface area contributed by atoms with Crippen molar-refractivity contribution in [2.24, 2.45) is 5.84 Å². The number of rotatable bonds is 2. The van der Waals surface area contributed by atoms with Gasteiger partial charge in [-0.15, -0.1) is 0 Å². The minimum atomic E-state index is -0.318. The molecule has 92 valence electrons. The predicted octanol–water partition coefficient (Wildman–Crippen LogP) is 1.80. The molecule has 0 atom stereocenters. The largest absolute Gasteiger partial charge is 0.462 e. The first-order chi connectivity index (χ1) is 7.92. The van der Waals surface area contributed by atoms with Crippen LogP contribution in [0.15, 0.2) is 24.3 Å². The molecule has 0 unspecified atom stereocenters. The van der Waals surface area contributed by atoms with Crippen molar-refractivity contribution < 1.29 is 9.53 Å². The summed E-state index contributed by atoms with van der Waals surface area (Å²) in [5, 5.41) is 8.40. The number of nitrogens with two attached hydrogens (primary N) is 1. The number of carbonyl (C=O) groups is 1. The molecule has 0 aliphatic carbocycles. The van der Waals surface area contributed by atoms with Crippen LogP contribution >= 0.6 is 0 Å². The van der Waals surface area contributed by atoms with E-state index in [9.17, 15) is 4.79 Å². The number of hydrazine groups is 1. The fourth-order valence-corrected chi connectivity index (χ4v) is 0.785. The zero-order valence-corrected chi connectivity index (χ0v) is 10.2. The molecule has 0 spiro atoms. The predicted molar refractivity (Wildman–Crippen MR) is 65.9 cm³/mol. The standard InChI is InChI=1S/C7H7N3.C5H10O2/c8-5-6-1-3-7(10-9)4-2-6;1-5(2,3)7-4-6/h1-4,10H,9H2;4H,1-3H3. The number of ether oxygens (including phenoxy) is 1. The van der Waals surface area contributed by atoms with Gasteiger partial charge in [0.2, 0.25) is 0 Å². The van der Waals surface area contributed by atoms with Crippen LogP contribution in [0.2, 0.25) is 0 Å². The Hall–Kier alpha value is -2.06. The summed E-state index contributed by atoms with van der Waals surface area (Å²) in [6.45, 7) is 5.92. The molecule has 0 radical (unpaired) electrons. The van der Waals surface area contributed by atoms with Crippen molar-refractivity contribution in [1.29, 1.82) is 5.26 Å². The Morgan fingerprint density at radius 2 is 1.88 bits per heavy atom. The van der Waals surface area contributed by atoms with Gasteiger partial charge in [0.25, 0.3) is 6.47 Å². The molecule has 1 aromatic rings. The Labute approximate surface area is 101 Å². The number of hydrogen-bond acceptors (Lipinski definition) is 5. The molecule has 0 fully saturated rings. The van der Waals surface area contributed by atoms with Crippen LogP contribution in [0.3, 0.4) is 0 Å². The number of nitriles is 1. The van der Waals surface area contributed by atoms with Gasteiger partial charge in [0.05, 0.1) is 11.6 Å². The summed E-state index contributed by atoms with van der Waals surface area (Å²) in [6.07, 6.45) is 0. The van der Waals surface area contributed by atoms with Gasteiger partial charge in [-0.2, -0.15) is 5.26 Å². The smallest absolute Gasteiger partial charge is 0.293 e. The molecule has 0 saturated carbocycles. The third kappa shape index (κ3) is 7.82. The van der Waals surface area contributed by atoms with E-state index in [0.29, 0.717) is 12.0 Å². The Bertz CT molecular complexity index is 374. The molecule has 0 amide bonds. The van der Waals surface area contributed by atoms with Gasteiger partial charge >= 0.3 is 0 Å². The molecule has 1 rings (SSSR count). The highest BCUT2D eigenvalue weighted by molar-refractivity contribution is 5.45. The fraction of sp³-hybridized carbons (Fsp3) is 0.333. The summed E-state index contributed by atoms with van der Waals surface area (Å²) >= 11 is 0. The number of nitrogens with zero attached hydrogens (tertiary/aromatic N) is 1. The highest BCUT2D eigenvalue weighted by Crippen LogP contribution is 2.05. The topological polar surface area (TPSA) is 88.1 Å². The Morgan fingerprint density at radius 1 is 1.35 bits per heavy atom. The lowest BCUT2D eigenvalue weighted by atomic mass is 10.2. The van der Waals surface area contributed by atoms with E-state index in [1.165, 1.54) is 0 Å². The lowest BCUT2D eigenvalue weighted by Crippen LogP contribution is -2.17. The van der Waals surface area contributed by atoms with Crippen molar-refractivity contribution in [3.05, 3.63) is 29.8 Å². The van der Waals surface area contributed by atoms with Crippen molar-refractivity contribution in [1.82, 2.24) is 0 Å². The Balaban J connectivity index is 0.000000325. The summed E-state index contributed by atoms with van der Waals surface area (Å²) < 4.78 is 4.55. The first-order valence-corrected chi connectivity index (χ1v) is 5.01. The fourth-order valence-electron chi connectivity index (χ4n) is 0.785. The van der Waals surface area contributed by atoms with E-state index in [2.05, 4.69) is 10.2 Å². The third-order valence-electron chi connectivity index (χ3n) is 1.58. The van der Waals surface area contributed by atoms with Crippen molar-refractivity contribution in [2.75, 3.05) is 5.43 Å². The summed E-state index contributed by atoms with van der Waals surface area (Å²) in [5.41, 5.74) is 3.59. The summed E-state index contributed by atoms with van der Waals surface area (Å²) in [4.78, 5) is 9.60. The van der Waals surface area contributed by atoms with Crippen LogP contribution in [0.1, 0.15) is 26.3 Å². The highest BCUT2D eigenvalue weighted by atomic mass is 16.5. The van der Waals surface area contributed by atoms with E-state index in [1.54, 1.807) is 24.3 Å². The zero-order valence-electron chi connectivity index (χ0n) is 10.2. The average Bonchev–Trinajstić information content (AvgIpc) is 2.28. The number of anilines is 1. The van der Waals surface area contributed by atoms with Gasteiger partial charge in [-0.1, -0.05) is 0 Å². The molecule has 17 heavy (non-hydrogen) atoms. The minimum Gasteiger partial charge on any atom is -0.462 e. The number of hydrogen-bond donors (Lipinski definition) is 2. The van der Waals surface area contributed by atoms with Gasteiger partial charge in [0, 0.05) is 5.69 Å². The second-order valence-electron chi connectivity index (χ2n) is 4.16. The molecule has 0 heterocycles. The Kier molecular flexibility index (Phi) is 6.37. The molecule has 5 nitrogen and oxygen atoms in total. The Morgan fingerprint density at radius 3 is 2.12 bits per heavy atom. The molecule has 0 aliphatic heterocycles. The van der Waals surface area contributed by atoms with Gasteiger partial charge in [0.1, 0.15) is 5.60 Å². The zero-order chi connectivity index (χ0) is 13.3. The molecule has 0 aliphatic rings. The lowest BCUT2D eigenvalue weighted by molar-refractivity contribution is -0.138. The maximum Gasteiger partial charge on any atom is 0.293 e. The molecule has 0 aromatic heterocycles. The SMILES string of the molecule is CC(C)(C)OC=O.N#Cc1ccc(NN)cc1. The van der Waals surface area contributed by atoms with Crippen LogP contribution in [0.25, 0.3) is 0 Å². The van der Waals surface area contributed by atoms with Crippen LogP contribution < -0.4 is 11.3 Å². The number of carbonyl (C=O) groups excluding carboxylic acids is 1. The quantitative estimate of drug-likeness (QED) is 0.463. The number of nitrogen functional groups attached to an aromatic ring is 1. The van der Waals surface area contributed by atoms with Gasteiger partial charge in [0.15, 0.2) is 0 Å². The average molecular weight is 235 g/mol. The van der Waals surface area contributed by atoms with Crippen molar-refractivity contribution in [3.63, 3.8) is 0 Å². The molecule has 3 N–H and O–H groups in total. The van der Waals surface area contributed by atoms with E-state index in [-0.39, 0.29) is 5.60 Å². The molecule has 5 heteroatoms. The van der Waals surface area contributed by atoms with Gasteiger partial charge in [-0.3, -0.25) is 10.6 Å². The van der Waals surface area contributed by atoms with Crippen molar-refractivity contribution in [3.8, 4) is 6.07 Å². The monoisotopic (exact) mass is 235 g/mol. The summed E-state index contributed by atoms with van der Waals surface area (Å²) in [5.74, 6) is 5.11. The van der Waals surface area contributed by atoms with Crippen LogP contribution in [0, 0.1) is 11.3 Å². The van der Waals surface area contributed by atoms with Gasteiger partial charge < -0.3 is 10.2 Å². The van der Waals surface area contributed by atoms with E-state index >= 15 is 0 Å². The summed E-state index contributed by atoms with van der Waals surface area (Å²) in [7, 11) is 0. The molecular weight excluding hydrogens is 218 g/mol. The second kappa shape index (κ2) is 7.25. The van der Waals surface area contributed by atoms with Gasteiger partial charge in [-0.05, 0) is 45.0 Å². The first-order valence-electron chi connectivity index (χ1n) is 5.01. The molecule has 0 bridgehead atoms. The van der Waals surface area contributed by atoms with Crippen LogP contribution in [-0.4, -0.2) is 12.1 Å². The van der Waals surface area contributed by atoms with E-state index in [1.807, 2.05) is 26.8 Å². The van der Waals surface area contributed by atoms with Crippen molar-refractivity contribution in [2.45, 2.75) is 26.4 Å². The third-order valence-corrected chi connectivity index (χ3v) is 1.58. The van der Waals surface area contributed by atoms with Crippen molar-refractivity contribution >= 4 is 12.2 Å². The summed E-state index contributed by atoms with van der Waals surface area (Å²) in [6, 6.07) is 8.91. The molecular formula is C12H17N3O2. The normalized spacial score (nSPS) is 9.35. The maximum atomic E-state index is 9.60. The van der Waals surface area contributed by atoms with E-state index < -0.39 is 0 Å². The molecule has 0 saturated heterocycles. The first kappa shape index (κ1) is 14.9. The maximum absolute atomic E-state index is 9.60. The highest BCUT2D eigenvalue weighted by Gasteiger charge is 2.07. The van der Waals surface area contributed by atoms with E-state index in [0.717, 1.165) is 5.69 Å². The second-order valence-corrected chi connectivity index (χ2v) is 4.16. The van der Waals surface area contributed by atoms with E-state index in [4.69, 9.17) is 11.1 Å². The molecule has 1 aromatic carbocycles. The minimum absolute atomic E-state index is 0.318. The number of benzene rings is 1. The lowest BCUT2D eigenvalue weighted by Gasteiger charge is -2.14. The van der Waals surface area contributed by atoms with Crippen LogP contribution in [0.5, 0.6) is 0 Å². The van der Waals surface area contributed by atoms with Gasteiger partial charge in [-0.25, -0.2) is 0 Å². The van der Waals surface area contributed by atoms with Crippen LogP contribution in [0.4, 0.5) is 5.69 Å².